The number of benzene rings is 1. The minimum Gasteiger partial charge on any atom is -0.458 e. The Hall–Kier alpha value is -2.37. The quantitative estimate of drug-likeness (QED) is 0.690. The van der Waals surface area contributed by atoms with Crippen molar-refractivity contribution in [1.82, 2.24) is 5.32 Å². The van der Waals surface area contributed by atoms with E-state index in [0.717, 1.165) is 37.0 Å². The second kappa shape index (κ2) is 8.40. The molecule has 0 radical (unpaired) electrons. The number of ether oxygens (including phenoxy) is 2. The number of amides is 1. The van der Waals surface area contributed by atoms with E-state index in [0.29, 0.717) is 5.56 Å². The molecule has 1 N–H and O–H groups in total. The molecule has 1 aromatic rings. The third kappa shape index (κ3) is 4.68. The number of rotatable bonds is 7. The molecule has 4 fully saturated rings. The first kappa shape index (κ1) is 20.9. The van der Waals surface area contributed by atoms with Gasteiger partial charge in [-0.3, -0.25) is 14.4 Å². The fraction of sp³-hybridized carbons (Fsp3) is 0.625. The van der Waals surface area contributed by atoms with Gasteiger partial charge in [0.1, 0.15) is 0 Å². The molecule has 6 heteroatoms. The van der Waals surface area contributed by atoms with Crippen molar-refractivity contribution < 1.29 is 23.9 Å². The van der Waals surface area contributed by atoms with E-state index in [1.54, 1.807) is 12.1 Å². The Labute approximate surface area is 177 Å². The van der Waals surface area contributed by atoms with Gasteiger partial charge in [0.2, 0.25) is 5.91 Å². The van der Waals surface area contributed by atoms with Gasteiger partial charge in [0.15, 0.2) is 12.2 Å². The Balaban J connectivity index is 1.50. The number of esters is 2. The van der Waals surface area contributed by atoms with Gasteiger partial charge in [0.05, 0.1) is 6.42 Å². The lowest BCUT2D eigenvalue weighted by Crippen LogP contribution is -2.60. The molecule has 0 aromatic heterocycles. The van der Waals surface area contributed by atoms with Crippen molar-refractivity contribution in [3.05, 3.63) is 35.9 Å². The lowest BCUT2D eigenvalue weighted by molar-refractivity contribution is -0.168. The van der Waals surface area contributed by atoms with E-state index >= 15 is 0 Å². The van der Waals surface area contributed by atoms with Gasteiger partial charge in [0, 0.05) is 19.4 Å². The number of carbonyl (C=O) groups is 3. The van der Waals surface area contributed by atoms with Crippen LogP contribution in [0.15, 0.2) is 30.3 Å². The van der Waals surface area contributed by atoms with Crippen molar-refractivity contribution in [3.8, 4) is 0 Å². The van der Waals surface area contributed by atoms with Crippen molar-refractivity contribution in [2.45, 2.75) is 76.5 Å². The Morgan fingerprint density at radius 2 is 1.47 bits per heavy atom. The van der Waals surface area contributed by atoms with Crippen LogP contribution in [0.1, 0.15) is 70.5 Å². The van der Waals surface area contributed by atoms with E-state index in [2.05, 4.69) is 5.32 Å². The van der Waals surface area contributed by atoms with Gasteiger partial charge >= 0.3 is 11.9 Å². The SMILES string of the molecule is CC(=O)OC(CC(=O)NC12CC3CC(CC(C3)C1)C2)C(OC(C)=O)c1ccccc1. The summed E-state index contributed by atoms with van der Waals surface area (Å²) in [6.45, 7) is 2.62. The second-order valence-corrected chi connectivity index (χ2v) is 9.54. The van der Waals surface area contributed by atoms with E-state index < -0.39 is 24.1 Å². The van der Waals surface area contributed by atoms with E-state index in [-0.39, 0.29) is 17.9 Å². The molecule has 162 valence electrons. The molecule has 0 heterocycles. The molecule has 1 aromatic carbocycles. The smallest absolute Gasteiger partial charge is 0.303 e. The van der Waals surface area contributed by atoms with Crippen molar-refractivity contribution in [2.75, 3.05) is 0 Å². The molecular formula is C24H31NO5. The van der Waals surface area contributed by atoms with E-state index in [1.807, 2.05) is 18.2 Å². The van der Waals surface area contributed by atoms with Gasteiger partial charge in [-0.05, 0) is 61.8 Å². The van der Waals surface area contributed by atoms with E-state index in [4.69, 9.17) is 9.47 Å². The largest absolute Gasteiger partial charge is 0.458 e. The van der Waals surface area contributed by atoms with Crippen molar-refractivity contribution in [1.29, 1.82) is 0 Å². The van der Waals surface area contributed by atoms with Crippen LogP contribution in [0, 0.1) is 17.8 Å². The van der Waals surface area contributed by atoms with Crippen LogP contribution in [0.5, 0.6) is 0 Å². The Bertz CT molecular complexity index is 770. The summed E-state index contributed by atoms with van der Waals surface area (Å²) in [5.41, 5.74) is 0.581. The highest BCUT2D eigenvalue weighted by atomic mass is 16.6. The maximum absolute atomic E-state index is 13.1. The topological polar surface area (TPSA) is 81.7 Å². The summed E-state index contributed by atoms with van der Waals surface area (Å²) < 4.78 is 11.0. The molecule has 5 rings (SSSR count). The molecule has 2 atom stereocenters. The zero-order valence-corrected chi connectivity index (χ0v) is 17.8. The number of hydrogen-bond acceptors (Lipinski definition) is 5. The summed E-state index contributed by atoms with van der Waals surface area (Å²) in [5.74, 6) is 1.03. The zero-order valence-electron chi connectivity index (χ0n) is 17.8. The molecule has 30 heavy (non-hydrogen) atoms. The third-order valence-corrected chi connectivity index (χ3v) is 6.91. The first-order chi connectivity index (χ1) is 14.3. The van der Waals surface area contributed by atoms with Crippen molar-refractivity contribution in [3.63, 3.8) is 0 Å². The molecule has 6 nitrogen and oxygen atoms in total. The Morgan fingerprint density at radius 1 is 0.933 bits per heavy atom. The van der Waals surface area contributed by atoms with Crippen LogP contribution in [0.4, 0.5) is 0 Å². The van der Waals surface area contributed by atoms with Crippen molar-refractivity contribution in [2.24, 2.45) is 17.8 Å². The van der Waals surface area contributed by atoms with Gasteiger partial charge in [-0.2, -0.15) is 0 Å². The number of carbonyl (C=O) groups excluding carboxylic acids is 3. The lowest BCUT2D eigenvalue weighted by Gasteiger charge is -2.57. The highest BCUT2D eigenvalue weighted by molar-refractivity contribution is 5.78. The second-order valence-electron chi connectivity index (χ2n) is 9.54. The van der Waals surface area contributed by atoms with Gasteiger partial charge in [-0.25, -0.2) is 0 Å². The maximum atomic E-state index is 13.1. The van der Waals surface area contributed by atoms with Crippen molar-refractivity contribution >= 4 is 17.8 Å². The number of nitrogens with one attached hydrogen (secondary N) is 1. The first-order valence-electron chi connectivity index (χ1n) is 11.0. The fourth-order valence-electron chi connectivity index (χ4n) is 6.40. The molecular weight excluding hydrogens is 382 g/mol. The van der Waals surface area contributed by atoms with Gasteiger partial charge in [0.25, 0.3) is 0 Å². The van der Waals surface area contributed by atoms with Crippen LogP contribution in [0.2, 0.25) is 0 Å². The van der Waals surface area contributed by atoms with Gasteiger partial charge in [-0.1, -0.05) is 30.3 Å². The zero-order chi connectivity index (χ0) is 21.3. The van der Waals surface area contributed by atoms with Crippen LogP contribution in [0.3, 0.4) is 0 Å². The van der Waals surface area contributed by atoms with Gasteiger partial charge < -0.3 is 14.8 Å². The molecule has 2 unspecified atom stereocenters. The predicted octanol–water partition coefficient (Wildman–Crippen LogP) is 3.70. The summed E-state index contributed by atoms with van der Waals surface area (Å²) in [7, 11) is 0. The molecule has 4 aliphatic carbocycles. The molecule has 1 amide bonds. The molecule has 0 spiro atoms. The van der Waals surface area contributed by atoms with Crippen LogP contribution in [-0.2, 0) is 23.9 Å². The summed E-state index contributed by atoms with van der Waals surface area (Å²) in [6.07, 6.45) is 5.32. The van der Waals surface area contributed by atoms with Crippen LogP contribution in [0.25, 0.3) is 0 Å². The Morgan fingerprint density at radius 3 is 1.97 bits per heavy atom. The van der Waals surface area contributed by atoms with Crippen LogP contribution < -0.4 is 5.32 Å². The normalized spacial score (nSPS) is 30.9. The van der Waals surface area contributed by atoms with E-state index in [1.165, 1.54) is 33.1 Å². The standard InChI is InChI=1S/C24H31NO5/c1-15(26)29-21(23(30-16(2)27)20-6-4-3-5-7-20)11-22(28)25-24-12-17-8-18(13-24)10-19(9-17)14-24/h3-7,17-19,21,23H,8-14H2,1-2H3,(H,25,28). The Kier molecular flexibility index (Phi) is 5.85. The molecule has 4 aliphatic rings. The molecule has 0 aliphatic heterocycles. The average molecular weight is 414 g/mol. The summed E-state index contributed by atoms with van der Waals surface area (Å²) in [6, 6.07) is 9.12. The third-order valence-electron chi connectivity index (χ3n) is 6.91. The summed E-state index contributed by atoms with van der Waals surface area (Å²) >= 11 is 0. The minimum absolute atomic E-state index is 0.0336. The lowest BCUT2D eigenvalue weighted by atomic mass is 9.53. The summed E-state index contributed by atoms with van der Waals surface area (Å²) in [5, 5.41) is 3.32. The first-order valence-corrected chi connectivity index (χ1v) is 11.0. The predicted molar refractivity (Wildman–Crippen MR) is 110 cm³/mol. The average Bonchev–Trinajstić information content (AvgIpc) is 2.64. The monoisotopic (exact) mass is 413 g/mol. The van der Waals surface area contributed by atoms with E-state index in [9.17, 15) is 14.4 Å². The maximum Gasteiger partial charge on any atom is 0.303 e. The van der Waals surface area contributed by atoms with Crippen LogP contribution in [-0.4, -0.2) is 29.5 Å². The minimum atomic E-state index is -0.872. The highest BCUT2D eigenvalue weighted by Gasteiger charge is 2.51. The fourth-order valence-corrected chi connectivity index (χ4v) is 6.40. The van der Waals surface area contributed by atoms with Crippen LogP contribution >= 0.6 is 0 Å². The molecule has 4 bridgehead atoms. The number of hydrogen-bond donors (Lipinski definition) is 1. The molecule has 0 saturated heterocycles. The highest BCUT2D eigenvalue weighted by Crippen LogP contribution is 2.55. The van der Waals surface area contributed by atoms with Gasteiger partial charge in [-0.15, -0.1) is 0 Å². The molecule has 4 saturated carbocycles. The summed E-state index contributed by atoms with van der Waals surface area (Å²) in [4.78, 5) is 36.6.